The predicted molar refractivity (Wildman–Crippen MR) is 118 cm³/mol. The highest BCUT2D eigenvalue weighted by atomic mass is 32.2. The Morgan fingerprint density at radius 2 is 1.81 bits per heavy atom. The molecule has 4 rings (SSSR count). The monoisotopic (exact) mass is 453 g/mol. The highest BCUT2D eigenvalue weighted by Crippen LogP contribution is 2.32. The highest BCUT2D eigenvalue weighted by Gasteiger charge is 2.34. The maximum Gasteiger partial charge on any atom is 0.293 e. The van der Waals surface area contributed by atoms with Crippen LogP contribution in [-0.2, 0) is 4.79 Å². The van der Waals surface area contributed by atoms with Crippen LogP contribution in [0.15, 0.2) is 53.4 Å². The number of carbonyl (C=O) groups excluding carboxylic acids is 3. The number of aryl methyl sites for hydroxylation is 1. The smallest absolute Gasteiger partial charge is 0.293 e. The Kier molecular flexibility index (Phi) is 6.00. The molecule has 9 heteroatoms. The molecule has 1 fully saturated rings. The first-order valence-corrected chi connectivity index (χ1v) is 10.5. The molecule has 1 aliphatic rings. The van der Waals surface area contributed by atoms with E-state index in [9.17, 15) is 23.2 Å². The maximum absolute atomic E-state index is 13.5. The standard InChI is InChI=1S/C23H17F2N3O3S/c1-13-10-18(17-7-6-16(25)12-19(17)27-13)21(29)26-8-9-28-22(30)20(32-23(28)31)11-14-2-4-15(24)5-3-14/h2-7,10-12H,8-9H2,1H3,(H,26,29)/b20-11-. The Morgan fingerprint density at radius 1 is 1.09 bits per heavy atom. The number of nitrogens with zero attached hydrogens (tertiary/aromatic N) is 2. The summed E-state index contributed by atoms with van der Waals surface area (Å²) in [6.07, 6.45) is 1.52. The average molecular weight is 453 g/mol. The van der Waals surface area contributed by atoms with E-state index in [0.29, 0.717) is 27.7 Å². The molecule has 0 spiro atoms. The number of nitrogens with one attached hydrogen (secondary N) is 1. The Bertz CT molecular complexity index is 1270. The van der Waals surface area contributed by atoms with Crippen molar-refractivity contribution in [2.45, 2.75) is 6.92 Å². The molecule has 1 N–H and O–H groups in total. The lowest BCUT2D eigenvalue weighted by Gasteiger charge is -2.14. The van der Waals surface area contributed by atoms with Crippen molar-refractivity contribution >= 4 is 45.8 Å². The van der Waals surface area contributed by atoms with Crippen molar-refractivity contribution < 1.29 is 23.2 Å². The summed E-state index contributed by atoms with van der Waals surface area (Å²) in [4.78, 5) is 43.0. The van der Waals surface area contributed by atoms with Crippen molar-refractivity contribution in [2.75, 3.05) is 13.1 Å². The number of halogens is 2. The number of imide groups is 1. The van der Waals surface area contributed by atoms with Crippen LogP contribution in [0, 0.1) is 18.6 Å². The van der Waals surface area contributed by atoms with Gasteiger partial charge in [-0.05, 0) is 60.7 Å². The van der Waals surface area contributed by atoms with Gasteiger partial charge in [-0.2, -0.15) is 0 Å². The molecule has 2 heterocycles. The summed E-state index contributed by atoms with van der Waals surface area (Å²) in [5.74, 6) is -1.73. The number of hydrogen-bond acceptors (Lipinski definition) is 5. The predicted octanol–water partition coefficient (Wildman–Crippen LogP) is 4.29. The fourth-order valence-electron chi connectivity index (χ4n) is 3.30. The molecule has 1 aromatic heterocycles. The van der Waals surface area contributed by atoms with Gasteiger partial charge in [0.1, 0.15) is 11.6 Å². The molecule has 1 saturated heterocycles. The first-order chi connectivity index (χ1) is 15.3. The molecule has 32 heavy (non-hydrogen) atoms. The molecule has 162 valence electrons. The molecule has 3 amide bonds. The molecule has 0 bridgehead atoms. The van der Waals surface area contributed by atoms with Crippen LogP contribution in [0.4, 0.5) is 13.6 Å². The molecule has 0 saturated carbocycles. The minimum Gasteiger partial charge on any atom is -0.350 e. The zero-order valence-electron chi connectivity index (χ0n) is 16.9. The largest absolute Gasteiger partial charge is 0.350 e. The van der Waals surface area contributed by atoms with Gasteiger partial charge < -0.3 is 5.32 Å². The van der Waals surface area contributed by atoms with Crippen LogP contribution in [0.3, 0.4) is 0 Å². The summed E-state index contributed by atoms with van der Waals surface area (Å²) in [6.45, 7) is 1.74. The van der Waals surface area contributed by atoms with Gasteiger partial charge in [0, 0.05) is 30.2 Å². The highest BCUT2D eigenvalue weighted by molar-refractivity contribution is 8.18. The number of fused-ring (bicyclic) bond motifs is 1. The van der Waals surface area contributed by atoms with Crippen LogP contribution >= 0.6 is 11.8 Å². The van der Waals surface area contributed by atoms with E-state index in [1.807, 2.05) is 0 Å². The molecule has 3 aromatic rings. The summed E-state index contributed by atoms with van der Waals surface area (Å²) in [7, 11) is 0. The van der Waals surface area contributed by atoms with Gasteiger partial charge >= 0.3 is 0 Å². The van der Waals surface area contributed by atoms with Gasteiger partial charge in [-0.25, -0.2) is 8.78 Å². The molecule has 0 aliphatic carbocycles. The molecular formula is C23H17F2N3O3S. The van der Waals surface area contributed by atoms with Gasteiger partial charge in [-0.15, -0.1) is 0 Å². The number of rotatable bonds is 5. The van der Waals surface area contributed by atoms with Gasteiger partial charge in [0.25, 0.3) is 17.1 Å². The summed E-state index contributed by atoms with van der Waals surface area (Å²) in [6, 6.07) is 11.2. The van der Waals surface area contributed by atoms with E-state index in [2.05, 4.69) is 10.3 Å². The van der Waals surface area contributed by atoms with E-state index in [0.717, 1.165) is 16.7 Å². The first kappa shape index (κ1) is 21.6. The van der Waals surface area contributed by atoms with E-state index in [-0.39, 0.29) is 18.0 Å². The number of thioether (sulfide) groups is 1. The second-order valence-corrected chi connectivity index (χ2v) is 8.11. The Morgan fingerprint density at radius 3 is 2.56 bits per heavy atom. The lowest BCUT2D eigenvalue weighted by atomic mass is 10.1. The SMILES string of the molecule is Cc1cc(C(=O)NCCN2C(=O)S/C(=C\c3ccc(F)cc3)C2=O)c2ccc(F)cc2n1. The van der Waals surface area contributed by atoms with Crippen molar-refractivity contribution in [3.8, 4) is 0 Å². The van der Waals surface area contributed by atoms with Gasteiger partial charge in [0.2, 0.25) is 0 Å². The lowest BCUT2D eigenvalue weighted by Crippen LogP contribution is -2.37. The number of aromatic nitrogens is 1. The van der Waals surface area contributed by atoms with E-state index in [1.54, 1.807) is 13.0 Å². The maximum atomic E-state index is 13.5. The third-order valence-corrected chi connectivity index (χ3v) is 5.71. The van der Waals surface area contributed by atoms with Crippen LogP contribution in [0.5, 0.6) is 0 Å². The Hall–Kier alpha value is -3.59. The summed E-state index contributed by atoms with van der Waals surface area (Å²) >= 11 is 0.790. The molecule has 0 unspecified atom stereocenters. The Labute approximate surface area is 186 Å². The number of benzene rings is 2. The zero-order chi connectivity index (χ0) is 22.8. The van der Waals surface area contributed by atoms with Crippen molar-refractivity contribution in [3.05, 3.63) is 81.9 Å². The topological polar surface area (TPSA) is 79.4 Å². The van der Waals surface area contributed by atoms with Gasteiger partial charge in [0.15, 0.2) is 0 Å². The van der Waals surface area contributed by atoms with Gasteiger partial charge in [0.05, 0.1) is 16.0 Å². The number of pyridine rings is 1. The van der Waals surface area contributed by atoms with E-state index in [1.165, 1.54) is 48.5 Å². The first-order valence-electron chi connectivity index (χ1n) is 9.68. The fourth-order valence-corrected chi connectivity index (χ4v) is 4.17. The van der Waals surface area contributed by atoms with E-state index in [4.69, 9.17) is 0 Å². The number of carbonyl (C=O) groups is 3. The minimum absolute atomic E-state index is 0.00616. The van der Waals surface area contributed by atoms with Crippen molar-refractivity contribution in [1.29, 1.82) is 0 Å². The van der Waals surface area contributed by atoms with Gasteiger partial charge in [-0.1, -0.05) is 12.1 Å². The molecule has 1 aliphatic heterocycles. The van der Waals surface area contributed by atoms with Crippen LogP contribution in [-0.4, -0.2) is 40.0 Å². The molecule has 2 aromatic carbocycles. The number of hydrogen-bond donors (Lipinski definition) is 1. The lowest BCUT2D eigenvalue weighted by molar-refractivity contribution is -0.122. The summed E-state index contributed by atoms with van der Waals surface area (Å²) in [5.41, 5.74) is 1.86. The summed E-state index contributed by atoms with van der Waals surface area (Å²) in [5, 5.41) is 2.75. The summed E-state index contributed by atoms with van der Waals surface area (Å²) < 4.78 is 26.5. The normalized spacial score (nSPS) is 15.1. The van der Waals surface area contributed by atoms with E-state index >= 15 is 0 Å². The van der Waals surface area contributed by atoms with Crippen LogP contribution < -0.4 is 5.32 Å². The number of amides is 3. The minimum atomic E-state index is -0.473. The van der Waals surface area contributed by atoms with Crippen molar-refractivity contribution in [2.24, 2.45) is 0 Å². The molecule has 0 radical (unpaired) electrons. The second kappa shape index (κ2) is 8.88. The third kappa shape index (κ3) is 4.52. The fraction of sp³-hybridized carbons (Fsp3) is 0.130. The molecule has 0 atom stereocenters. The van der Waals surface area contributed by atoms with Crippen LogP contribution in [0.25, 0.3) is 17.0 Å². The third-order valence-electron chi connectivity index (χ3n) is 4.81. The van der Waals surface area contributed by atoms with Crippen LogP contribution in [0.2, 0.25) is 0 Å². The van der Waals surface area contributed by atoms with Crippen molar-refractivity contribution in [3.63, 3.8) is 0 Å². The molecule has 6 nitrogen and oxygen atoms in total. The average Bonchev–Trinajstić information content (AvgIpc) is 3.01. The second-order valence-electron chi connectivity index (χ2n) is 7.11. The zero-order valence-corrected chi connectivity index (χ0v) is 17.7. The van der Waals surface area contributed by atoms with Gasteiger partial charge in [-0.3, -0.25) is 24.3 Å². The quantitative estimate of drug-likeness (QED) is 0.583. The van der Waals surface area contributed by atoms with E-state index < -0.39 is 28.7 Å². The molecular weight excluding hydrogens is 436 g/mol. The Balaban J connectivity index is 1.43. The van der Waals surface area contributed by atoms with Crippen LogP contribution in [0.1, 0.15) is 21.6 Å². The van der Waals surface area contributed by atoms with Crippen molar-refractivity contribution in [1.82, 2.24) is 15.2 Å².